The molecule has 1 aliphatic heterocycles. The monoisotopic (exact) mass is 323 g/mol. The van der Waals surface area contributed by atoms with Gasteiger partial charge in [-0.1, -0.05) is 42.5 Å². The van der Waals surface area contributed by atoms with E-state index in [1.807, 2.05) is 37.3 Å². The van der Waals surface area contributed by atoms with Crippen LogP contribution in [-0.2, 0) is 22.5 Å². The number of fused-ring (bicyclic) bond motifs is 1. The van der Waals surface area contributed by atoms with E-state index in [2.05, 4.69) is 6.07 Å². The summed E-state index contributed by atoms with van der Waals surface area (Å²) >= 11 is 0. The molecule has 0 N–H and O–H groups in total. The van der Waals surface area contributed by atoms with Crippen LogP contribution in [-0.4, -0.2) is 29.4 Å². The van der Waals surface area contributed by atoms with Crippen molar-refractivity contribution in [1.82, 2.24) is 4.90 Å². The van der Waals surface area contributed by atoms with Crippen molar-refractivity contribution in [1.29, 1.82) is 0 Å². The third kappa shape index (κ3) is 3.32. The zero-order valence-electron chi connectivity index (χ0n) is 14.0. The predicted octanol–water partition coefficient (Wildman–Crippen LogP) is 3.13. The maximum absolute atomic E-state index is 12.6. The summed E-state index contributed by atoms with van der Waals surface area (Å²) < 4.78 is 5.39. The minimum atomic E-state index is -0.789. The number of nitrogens with zero attached hydrogens (tertiary/aromatic N) is 1. The van der Waals surface area contributed by atoms with Crippen LogP contribution in [0.15, 0.2) is 48.5 Å². The highest BCUT2D eigenvalue weighted by atomic mass is 16.5. The van der Waals surface area contributed by atoms with Gasteiger partial charge in [0.2, 0.25) is 0 Å². The summed E-state index contributed by atoms with van der Waals surface area (Å²) in [6.07, 6.45) is 0.0442. The first-order valence-electron chi connectivity index (χ1n) is 8.18. The molecule has 0 radical (unpaired) electrons. The second kappa shape index (κ2) is 6.87. The molecule has 124 valence electrons. The van der Waals surface area contributed by atoms with E-state index in [1.165, 1.54) is 5.56 Å². The minimum absolute atomic E-state index is 0.147. The van der Waals surface area contributed by atoms with Gasteiger partial charge in [-0.25, -0.2) is 4.79 Å². The van der Waals surface area contributed by atoms with E-state index in [0.29, 0.717) is 18.7 Å². The molecule has 1 atom stereocenters. The van der Waals surface area contributed by atoms with Gasteiger partial charge in [0.25, 0.3) is 5.91 Å². The highest BCUT2D eigenvalue weighted by Gasteiger charge is 2.27. The number of amides is 1. The number of aryl methyl sites for hydroxylation is 1. The summed E-state index contributed by atoms with van der Waals surface area (Å²) in [6.45, 7) is 4.72. The molecule has 2 aromatic rings. The summed E-state index contributed by atoms with van der Waals surface area (Å²) in [4.78, 5) is 26.6. The fourth-order valence-electron chi connectivity index (χ4n) is 3.02. The average Bonchev–Trinajstić information content (AvgIpc) is 2.60. The number of esters is 1. The number of rotatable bonds is 3. The Balaban J connectivity index is 1.65. The summed E-state index contributed by atoms with van der Waals surface area (Å²) in [6, 6.07) is 15.4. The van der Waals surface area contributed by atoms with Crippen LogP contribution >= 0.6 is 0 Å². The quantitative estimate of drug-likeness (QED) is 0.815. The second-order valence-corrected chi connectivity index (χ2v) is 6.14. The van der Waals surface area contributed by atoms with Crippen LogP contribution in [0.2, 0.25) is 0 Å². The molecular formula is C20H21NO3. The molecule has 0 spiro atoms. The van der Waals surface area contributed by atoms with Crippen molar-refractivity contribution in [2.24, 2.45) is 0 Å². The molecule has 2 aromatic carbocycles. The van der Waals surface area contributed by atoms with Crippen LogP contribution < -0.4 is 0 Å². The number of carbonyl (C=O) groups excluding carboxylic acids is 2. The molecule has 24 heavy (non-hydrogen) atoms. The first-order valence-corrected chi connectivity index (χ1v) is 8.18. The second-order valence-electron chi connectivity index (χ2n) is 6.14. The van der Waals surface area contributed by atoms with Crippen LogP contribution in [0, 0.1) is 6.92 Å². The van der Waals surface area contributed by atoms with Crippen LogP contribution in [0.1, 0.15) is 34.0 Å². The number of hydrogen-bond donors (Lipinski definition) is 0. The zero-order valence-corrected chi connectivity index (χ0v) is 14.0. The average molecular weight is 323 g/mol. The summed E-state index contributed by atoms with van der Waals surface area (Å²) in [5.41, 5.74) is 3.79. The van der Waals surface area contributed by atoms with E-state index in [9.17, 15) is 9.59 Å². The van der Waals surface area contributed by atoms with Crippen LogP contribution in [0.3, 0.4) is 0 Å². The molecule has 0 saturated carbocycles. The summed E-state index contributed by atoms with van der Waals surface area (Å²) in [7, 11) is 0. The highest BCUT2D eigenvalue weighted by Crippen LogP contribution is 2.20. The van der Waals surface area contributed by atoms with Gasteiger partial charge in [-0.15, -0.1) is 0 Å². The van der Waals surface area contributed by atoms with Gasteiger partial charge in [0.1, 0.15) is 0 Å². The lowest BCUT2D eigenvalue weighted by Crippen LogP contribution is -2.42. The number of carbonyl (C=O) groups is 2. The van der Waals surface area contributed by atoms with E-state index in [-0.39, 0.29) is 5.91 Å². The Kier molecular flexibility index (Phi) is 4.65. The van der Waals surface area contributed by atoms with Crippen molar-refractivity contribution >= 4 is 11.9 Å². The van der Waals surface area contributed by atoms with Gasteiger partial charge in [-0.2, -0.15) is 0 Å². The number of benzene rings is 2. The fraction of sp³-hybridized carbons (Fsp3) is 0.300. The van der Waals surface area contributed by atoms with Crippen LogP contribution in [0.25, 0.3) is 0 Å². The molecule has 0 unspecified atom stereocenters. The lowest BCUT2D eigenvalue weighted by molar-refractivity contribution is -0.140. The van der Waals surface area contributed by atoms with Crippen molar-refractivity contribution in [2.45, 2.75) is 32.9 Å². The fourth-order valence-corrected chi connectivity index (χ4v) is 3.02. The lowest BCUT2D eigenvalue weighted by Gasteiger charge is -2.30. The van der Waals surface area contributed by atoms with Crippen LogP contribution in [0.4, 0.5) is 0 Å². The van der Waals surface area contributed by atoms with E-state index in [0.717, 1.165) is 17.5 Å². The van der Waals surface area contributed by atoms with E-state index in [4.69, 9.17) is 4.74 Å². The normalized spacial score (nSPS) is 14.7. The molecule has 3 rings (SSSR count). The topological polar surface area (TPSA) is 46.6 Å². The Morgan fingerprint density at radius 2 is 1.71 bits per heavy atom. The SMILES string of the molecule is Cc1ccccc1C(=O)O[C@@H](C)C(=O)N1CCc2ccccc2C1. The van der Waals surface area contributed by atoms with Crippen molar-refractivity contribution in [3.05, 3.63) is 70.8 Å². The maximum Gasteiger partial charge on any atom is 0.339 e. The Morgan fingerprint density at radius 3 is 2.46 bits per heavy atom. The standard InChI is InChI=1S/C20H21NO3/c1-14-7-3-6-10-18(14)20(23)24-15(2)19(22)21-12-11-16-8-4-5-9-17(16)13-21/h3-10,15H,11-13H2,1-2H3/t15-/m0/s1. The Labute approximate surface area is 142 Å². The molecule has 0 bridgehead atoms. The largest absolute Gasteiger partial charge is 0.449 e. The van der Waals surface area contributed by atoms with Gasteiger partial charge in [-0.3, -0.25) is 4.79 Å². The van der Waals surface area contributed by atoms with E-state index >= 15 is 0 Å². The predicted molar refractivity (Wildman–Crippen MR) is 91.6 cm³/mol. The van der Waals surface area contributed by atoms with Gasteiger partial charge in [0.15, 0.2) is 6.10 Å². The molecule has 0 aliphatic carbocycles. The summed E-state index contributed by atoms with van der Waals surface area (Å²) in [5.74, 6) is -0.599. The van der Waals surface area contributed by atoms with Crippen LogP contribution in [0.5, 0.6) is 0 Å². The Morgan fingerprint density at radius 1 is 1.04 bits per heavy atom. The zero-order chi connectivity index (χ0) is 17.1. The Bertz CT molecular complexity index is 769. The molecule has 4 nitrogen and oxygen atoms in total. The molecule has 0 saturated heterocycles. The van der Waals surface area contributed by atoms with Crippen molar-refractivity contribution in [3.8, 4) is 0 Å². The van der Waals surface area contributed by atoms with Gasteiger partial charge in [-0.05, 0) is 43.0 Å². The molecule has 1 aliphatic rings. The summed E-state index contributed by atoms with van der Waals surface area (Å²) in [5, 5.41) is 0. The lowest BCUT2D eigenvalue weighted by atomic mass is 9.99. The van der Waals surface area contributed by atoms with E-state index in [1.54, 1.807) is 24.0 Å². The van der Waals surface area contributed by atoms with Gasteiger partial charge in [0, 0.05) is 13.1 Å². The van der Waals surface area contributed by atoms with Gasteiger partial charge >= 0.3 is 5.97 Å². The molecule has 1 amide bonds. The van der Waals surface area contributed by atoms with Crippen molar-refractivity contribution < 1.29 is 14.3 Å². The van der Waals surface area contributed by atoms with Crippen molar-refractivity contribution in [3.63, 3.8) is 0 Å². The smallest absolute Gasteiger partial charge is 0.339 e. The molecule has 1 heterocycles. The molecule has 0 fully saturated rings. The van der Waals surface area contributed by atoms with Crippen molar-refractivity contribution in [2.75, 3.05) is 6.54 Å². The molecule has 4 heteroatoms. The van der Waals surface area contributed by atoms with Gasteiger partial charge in [0.05, 0.1) is 5.56 Å². The number of hydrogen-bond acceptors (Lipinski definition) is 3. The first-order chi connectivity index (χ1) is 11.6. The number of ether oxygens (including phenoxy) is 1. The molecular weight excluding hydrogens is 302 g/mol. The maximum atomic E-state index is 12.6. The van der Waals surface area contributed by atoms with E-state index < -0.39 is 12.1 Å². The van der Waals surface area contributed by atoms with Gasteiger partial charge < -0.3 is 9.64 Å². The highest BCUT2D eigenvalue weighted by molar-refractivity contribution is 5.93. The third-order valence-corrected chi connectivity index (χ3v) is 4.44. The third-order valence-electron chi connectivity index (χ3n) is 4.44. The first kappa shape index (κ1) is 16.2. The minimum Gasteiger partial charge on any atom is -0.449 e. The Hall–Kier alpha value is -2.62. The molecule has 0 aromatic heterocycles.